The lowest BCUT2D eigenvalue weighted by atomic mass is 9.94. The molecule has 0 unspecified atom stereocenters. The van der Waals surface area contributed by atoms with E-state index >= 15 is 0 Å². The number of thiazole rings is 1. The fourth-order valence-corrected chi connectivity index (χ4v) is 5.11. The molecule has 0 bridgehead atoms. The van der Waals surface area contributed by atoms with Gasteiger partial charge in [-0.2, -0.15) is 0 Å². The number of nitro benzene ring substituents is 1. The summed E-state index contributed by atoms with van der Waals surface area (Å²) in [6.45, 7) is 3.30. The highest BCUT2D eigenvalue weighted by molar-refractivity contribution is 7.17. The lowest BCUT2D eigenvalue weighted by molar-refractivity contribution is -0.384. The minimum Gasteiger partial charge on any atom is -0.507 e. The lowest BCUT2D eigenvalue weighted by Crippen LogP contribution is -2.29. The van der Waals surface area contributed by atoms with Crippen LogP contribution in [-0.4, -0.2) is 46.9 Å². The number of esters is 1. The molecule has 1 N–H and O–H groups in total. The monoisotopic (exact) mass is 523 g/mol. The van der Waals surface area contributed by atoms with Gasteiger partial charge in [0.2, 0.25) is 0 Å². The summed E-state index contributed by atoms with van der Waals surface area (Å²) in [5.41, 5.74) is 0.852. The summed E-state index contributed by atoms with van der Waals surface area (Å²) >= 11 is 0.834. The number of methoxy groups -OCH3 is 2. The zero-order valence-electron chi connectivity index (χ0n) is 20.2. The molecule has 4 rings (SSSR count). The third kappa shape index (κ3) is 4.42. The molecule has 1 amide bonds. The van der Waals surface area contributed by atoms with Gasteiger partial charge in [0.05, 0.1) is 36.5 Å². The predicted molar refractivity (Wildman–Crippen MR) is 134 cm³/mol. The Kier molecular flexibility index (Phi) is 6.77. The van der Waals surface area contributed by atoms with E-state index in [1.807, 2.05) is 0 Å². The quantitative estimate of drug-likeness (QED) is 0.126. The van der Waals surface area contributed by atoms with Crippen LogP contribution in [0, 0.1) is 24.0 Å². The molecule has 0 saturated carbocycles. The maximum absolute atomic E-state index is 13.3. The highest BCUT2D eigenvalue weighted by Gasteiger charge is 2.48. The van der Waals surface area contributed by atoms with E-state index in [9.17, 15) is 29.6 Å². The van der Waals surface area contributed by atoms with Gasteiger partial charge in [-0.15, -0.1) is 0 Å². The van der Waals surface area contributed by atoms with Crippen LogP contribution in [0.1, 0.15) is 38.1 Å². The highest BCUT2D eigenvalue weighted by atomic mass is 32.1. The third-order valence-corrected chi connectivity index (χ3v) is 7.01. The standard InChI is InChI=1S/C25H21N3O8S/c1-12-10-15(8-9-17(12)35-3)20(29)18-19(14-6-5-7-16(11-14)28(33)34)27(23(31)21(18)30)25-26-13(2)22(37-25)24(32)36-4/h5-11,19,29H,1-4H3/b20-18+/t19-/m0/s1. The van der Waals surface area contributed by atoms with Gasteiger partial charge in [-0.05, 0) is 43.2 Å². The first-order valence-corrected chi connectivity index (χ1v) is 11.7. The number of hydrogen-bond donors (Lipinski definition) is 1. The Hall–Kier alpha value is -4.58. The molecule has 1 aromatic heterocycles. The number of benzene rings is 2. The van der Waals surface area contributed by atoms with E-state index in [0.29, 0.717) is 11.3 Å². The highest BCUT2D eigenvalue weighted by Crippen LogP contribution is 2.44. The van der Waals surface area contributed by atoms with Gasteiger partial charge in [-0.1, -0.05) is 23.5 Å². The number of ketones is 1. The summed E-state index contributed by atoms with van der Waals surface area (Å²) in [5.74, 6) is -2.59. The van der Waals surface area contributed by atoms with Crippen LogP contribution in [0.5, 0.6) is 5.75 Å². The van der Waals surface area contributed by atoms with Crippen molar-refractivity contribution in [3.05, 3.63) is 85.4 Å². The minimum atomic E-state index is -1.25. The first-order valence-electron chi connectivity index (χ1n) is 10.8. The second-order valence-electron chi connectivity index (χ2n) is 8.11. The van der Waals surface area contributed by atoms with Gasteiger partial charge in [0.25, 0.3) is 11.5 Å². The van der Waals surface area contributed by atoms with Crippen molar-refractivity contribution in [3.8, 4) is 5.75 Å². The number of nitrogens with zero attached hydrogens (tertiary/aromatic N) is 3. The van der Waals surface area contributed by atoms with Crippen molar-refractivity contribution in [1.29, 1.82) is 0 Å². The number of aromatic nitrogens is 1. The Morgan fingerprint density at radius 3 is 2.51 bits per heavy atom. The van der Waals surface area contributed by atoms with Crippen LogP contribution in [-0.2, 0) is 14.3 Å². The summed E-state index contributed by atoms with van der Waals surface area (Å²) in [5, 5.41) is 22.7. The zero-order valence-corrected chi connectivity index (χ0v) is 21.0. The van der Waals surface area contributed by atoms with E-state index in [1.54, 1.807) is 26.0 Å². The molecule has 12 heteroatoms. The fraction of sp³-hybridized carbons (Fsp3) is 0.200. The topological polar surface area (TPSA) is 149 Å². The van der Waals surface area contributed by atoms with E-state index < -0.39 is 34.4 Å². The molecule has 1 aliphatic heterocycles. The number of Topliss-reactive ketones (excluding diaryl/α,β-unsaturated/α-hetero) is 1. The first-order chi connectivity index (χ1) is 17.6. The number of anilines is 1. The number of carbonyl (C=O) groups excluding carboxylic acids is 3. The molecule has 0 aliphatic carbocycles. The zero-order chi connectivity index (χ0) is 27.0. The maximum atomic E-state index is 13.3. The van der Waals surface area contributed by atoms with Crippen molar-refractivity contribution < 1.29 is 33.9 Å². The van der Waals surface area contributed by atoms with E-state index in [0.717, 1.165) is 16.2 Å². The van der Waals surface area contributed by atoms with Crippen molar-refractivity contribution in [3.63, 3.8) is 0 Å². The second kappa shape index (κ2) is 9.82. The number of aliphatic hydroxyl groups is 1. The Bertz CT molecular complexity index is 1490. The molecule has 37 heavy (non-hydrogen) atoms. The Morgan fingerprint density at radius 2 is 1.89 bits per heavy atom. The third-order valence-electron chi connectivity index (χ3n) is 5.87. The number of nitro groups is 1. The number of non-ortho nitro benzene ring substituents is 1. The van der Waals surface area contributed by atoms with Crippen molar-refractivity contribution in [2.45, 2.75) is 19.9 Å². The van der Waals surface area contributed by atoms with Crippen LogP contribution < -0.4 is 9.64 Å². The summed E-state index contributed by atoms with van der Waals surface area (Å²) in [6, 6.07) is 8.89. The van der Waals surface area contributed by atoms with Gasteiger partial charge in [-0.3, -0.25) is 24.6 Å². The van der Waals surface area contributed by atoms with Crippen LogP contribution in [0.25, 0.3) is 5.76 Å². The van der Waals surface area contributed by atoms with Crippen molar-refractivity contribution in [2.75, 3.05) is 19.1 Å². The normalized spacial score (nSPS) is 16.6. The summed E-state index contributed by atoms with van der Waals surface area (Å²) in [4.78, 5) is 55.1. The average Bonchev–Trinajstić information content (AvgIpc) is 3.39. The molecular weight excluding hydrogens is 502 g/mol. The number of aliphatic hydroxyl groups excluding tert-OH is 1. The van der Waals surface area contributed by atoms with Gasteiger partial charge in [0.15, 0.2) is 5.13 Å². The number of hydrogen-bond acceptors (Lipinski definition) is 10. The molecule has 1 saturated heterocycles. The van der Waals surface area contributed by atoms with Gasteiger partial charge >= 0.3 is 11.9 Å². The van der Waals surface area contributed by atoms with Crippen molar-refractivity contribution >= 4 is 45.6 Å². The van der Waals surface area contributed by atoms with E-state index in [-0.39, 0.29) is 38.1 Å². The van der Waals surface area contributed by atoms with Crippen LogP contribution in [0.2, 0.25) is 0 Å². The molecule has 190 valence electrons. The van der Waals surface area contributed by atoms with Crippen molar-refractivity contribution in [1.82, 2.24) is 4.98 Å². The van der Waals surface area contributed by atoms with Gasteiger partial charge in [0.1, 0.15) is 16.4 Å². The molecule has 0 radical (unpaired) electrons. The number of carbonyl (C=O) groups is 3. The lowest BCUT2D eigenvalue weighted by Gasteiger charge is -2.23. The largest absolute Gasteiger partial charge is 0.507 e. The van der Waals surface area contributed by atoms with Crippen LogP contribution in [0.3, 0.4) is 0 Å². The molecule has 2 aromatic carbocycles. The molecule has 2 heterocycles. The van der Waals surface area contributed by atoms with Gasteiger partial charge in [0, 0.05) is 17.7 Å². The molecule has 1 aliphatic rings. The Morgan fingerprint density at radius 1 is 1.16 bits per heavy atom. The number of aryl methyl sites for hydroxylation is 2. The molecule has 1 fully saturated rings. The SMILES string of the molecule is COC(=O)c1sc(N2C(=O)C(=O)/C(=C(/O)c3ccc(OC)c(C)c3)[C@@H]2c2cccc([N+](=O)[O-])c2)nc1C. The fourth-order valence-electron chi connectivity index (χ4n) is 4.10. The molecular formula is C25H21N3O8S. The van der Waals surface area contributed by atoms with E-state index in [2.05, 4.69) is 4.98 Å². The first kappa shape index (κ1) is 25.5. The number of rotatable bonds is 6. The Labute approximate surface area is 214 Å². The minimum absolute atomic E-state index is 0.00136. The smallest absolute Gasteiger partial charge is 0.350 e. The summed E-state index contributed by atoms with van der Waals surface area (Å²) in [6.07, 6.45) is 0. The average molecular weight is 524 g/mol. The maximum Gasteiger partial charge on any atom is 0.350 e. The second-order valence-corrected chi connectivity index (χ2v) is 9.09. The van der Waals surface area contributed by atoms with E-state index in [4.69, 9.17) is 9.47 Å². The molecule has 0 spiro atoms. The number of ether oxygens (including phenoxy) is 2. The molecule has 1 atom stereocenters. The summed E-state index contributed by atoms with van der Waals surface area (Å²) in [7, 11) is 2.70. The van der Waals surface area contributed by atoms with Crippen LogP contribution >= 0.6 is 11.3 Å². The molecule has 11 nitrogen and oxygen atoms in total. The predicted octanol–water partition coefficient (Wildman–Crippen LogP) is 4.09. The Balaban J connectivity index is 1.97. The number of amides is 1. The van der Waals surface area contributed by atoms with Gasteiger partial charge in [-0.25, -0.2) is 9.78 Å². The van der Waals surface area contributed by atoms with Crippen LogP contribution in [0.4, 0.5) is 10.8 Å². The van der Waals surface area contributed by atoms with Crippen LogP contribution in [0.15, 0.2) is 48.0 Å². The van der Waals surface area contributed by atoms with Crippen molar-refractivity contribution in [2.24, 2.45) is 0 Å². The van der Waals surface area contributed by atoms with Gasteiger partial charge < -0.3 is 14.6 Å². The summed E-state index contributed by atoms with van der Waals surface area (Å²) < 4.78 is 10.0. The molecule has 3 aromatic rings. The van der Waals surface area contributed by atoms with E-state index in [1.165, 1.54) is 44.6 Å².